The normalized spacial score (nSPS) is 22.6. The van der Waals surface area contributed by atoms with Crippen molar-refractivity contribution in [1.29, 1.82) is 0 Å². The van der Waals surface area contributed by atoms with Crippen molar-refractivity contribution in [3.8, 4) is 0 Å². The summed E-state index contributed by atoms with van der Waals surface area (Å²) in [6.45, 7) is 5.36. The molecule has 0 radical (unpaired) electrons. The number of aliphatic hydroxyl groups is 1. The number of nitrogens with one attached hydrogen (secondary N) is 2. The molecule has 7 nitrogen and oxygen atoms in total. The van der Waals surface area contributed by atoms with Gasteiger partial charge in [0.1, 0.15) is 12.2 Å². The second-order valence-electron chi connectivity index (χ2n) is 7.09. The van der Waals surface area contributed by atoms with E-state index in [0.29, 0.717) is 12.5 Å². The number of hydrogen-bond acceptors (Lipinski definition) is 4. The highest BCUT2D eigenvalue weighted by atomic mass is 16.3. The van der Waals surface area contributed by atoms with Gasteiger partial charge in [0.2, 0.25) is 0 Å². The lowest BCUT2D eigenvalue weighted by atomic mass is 9.85. The maximum atomic E-state index is 10.7. The monoisotopic (exact) mass is 334 g/mol. The Kier molecular flexibility index (Phi) is 5.71. The molecule has 24 heavy (non-hydrogen) atoms. The molecule has 7 heteroatoms. The summed E-state index contributed by atoms with van der Waals surface area (Å²) in [6.07, 6.45) is 8.90. The average Bonchev–Trinajstić information content (AvgIpc) is 3.14. The number of aromatic nitrogens is 3. The summed E-state index contributed by atoms with van der Waals surface area (Å²) in [6, 6.07) is 0. The van der Waals surface area contributed by atoms with Crippen LogP contribution < -0.4 is 5.32 Å². The molecule has 1 aliphatic carbocycles. The minimum atomic E-state index is -0.600. The zero-order valence-corrected chi connectivity index (χ0v) is 14.7. The molecule has 0 bridgehead atoms. The number of aliphatic imine (C=N–C) groups is 1. The van der Waals surface area contributed by atoms with E-state index < -0.39 is 5.60 Å². The van der Waals surface area contributed by atoms with E-state index in [1.807, 2.05) is 0 Å². The molecule has 1 aliphatic heterocycles. The van der Waals surface area contributed by atoms with Crippen molar-refractivity contribution in [3.63, 3.8) is 0 Å². The van der Waals surface area contributed by atoms with Crippen molar-refractivity contribution in [1.82, 2.24) is 25.4 Å². The summed E-state index contributed by atoms with van der Waals surface area (Å²) in [5.41, 5.74) is -0.600. The summed E-state index contributed by atoms with van der Waals surface area (Å²) in [7, 11) is 0. The second kappa shape index (κ2) is 7.96. The average molecular weight is 334 g/mol. The van der Waals surface area contributed by atoms with E-state index in [2.05, 4.69) is 32.3 Å². The molecule has 2 heterocycles. The van der Waals surface area contributed by atoms with Gasteiger partial charge in [-0.05, 0) is 32.6 Å². The van der Waals surface area contributed by atoms with Crippen LogP contribution in [0.4, 0.5) is 0 Å². The smallest absolute Gasteiger partial charge is 0.194 e. The number of nitrogens with zero attached hydrogens (tertiary/aromatic N) is 4. The predicted molar refractivity (Wildman–Crippen MR) is 93.9 cm³/mol. The molecule has 0 spiro atoms. The van der Waals surface area contributed by atoms with Crippen LogP contribution >= 0.6 is 0 Å². The number of rotatable bonds is 4. The van der Waals surface area contributed by atoms with Crippen LogP contribution in [-0.2, 0) is 0 Å². The topological polar surface area (TPSA) is 89.4 Å². The molecule has 1 saturated carbocycles. The van der Waals surface area contributed by atoms with Gasteiger partial charge in [-0.25, -0.2) is 4.98 Å². The Bertz CT molecular complexity index is 515. The first-order valence-corrected chi connectivity index (χ1v) is 9.31. The highest BCUT2D eigenvalue weighted by molar-refractivity contribution is 5.80. The maximum absolute atomic E-state index is 10.7. The van der Waals surface area contributed by atoms with Gasteiger partial charge in [0.05, 0.1) is 12.1 Å². The Morgan fingerprint density at radius 2 is 2.12 bits per heavy atom. The third-order valence-corrected chi connectivity index (χ3v) is 5.26. The molecule has 0 amide bonds. The molecule has 3 rings (SSSR count). The predicted octanol–water partition coefficient (Wildman–Crippen LogP) is 1.64. The molecular weight excluding hydrogens is 304 g/mol. The first-order valence-electron chi connectivity index (χ1n) is 9.31. The summed E-state index contributed by atoms with van der Waals surface area (Å²) in [4.78, 5) is 11.4. The number of H-pyrrole nitrogens is 1. The number of piperidine rings is 1. The van der Waals surface area contributed by atoms with Crippen LogP contribution in [0.25, 0.3) is 0 Å². The third kappa shape index (κ3) is 4.26. The number of hydrogen-bond donors (Lipinski definition) is 3. The molecule has 3 N–H and O–H groups in total. The quantitative estimate of drug-likeness (QED) is 0.575. The van der Waals surface area contributed by atoms with Gasteiger partial charge in [-0.3, -0.25) is 10.1 Å². The van der Waals surface area contributed by atoms with E-state index in [-0.39, 0.29) is 0 Å². The zero-order valence-electron chi connectivity index (χ0n) is 14.7. The van der Waals surface area contributed by atoms with Gasteiger partial charge in [-0.1, -0.05) is 19.3 Å². The van der Waals surface area contributed by atoms with E-state index in [9.17, 15) is 5.11 Å². The summed E-state index contributed by atoms with van der Waals surface area (Å²) in [5.74, 6) is 2.38. The Hall–Kier alpha value is -1.63. The largest absolute Gasteiger partial charge is 0.388 e. The van der Waals surface area contributed by atoms with Crippen molar-refractivity contribution in [2.75, 3.05) is 26.2 Å². The number of guanidine groups is 1. The minimum absolute atomic E-state index is 0.453. The van der Waals surface area contributed by atoms with Crippen LogP contribution in [0.15, 0.2) is 11.3 Å². The van der Waals surface area contributed by atoms with Crippen molar-refractivity contribution in [2.45, 2.75) is 63.4 Å². The second-order valence-corrected chi connectivity index (χ2v) is 7.09. The first kappa shape index (κ1) is 17.2. The van der Waals surface area contributed by atoms with E-state index in [1.54, 1.807) is 6.33 Å². The summed E-state index contributed by atoms with van der Waals surface area (Å²) >= 11 is 0. The molecule has 2 fully saturated rings. The Labute approximate surface area is 144 Å². The molecule has 1 aromatic heterocycles. The SMILES string of the molecule is CCNC(=NCC1(O)CCCCC1)N1CCC(c2ncn[nH]2)CC1. The van der Waals surface area contributed by atoms with Gasteiger partial charge in [0, 0.05) is 25.6 Å². The highest BCUT2D eigenvalue weighted by Gasteiger charge is 2.30. The Morgan fingerprint density at radius 3 is 2.75 bits per heavy atom. The van der Waals surface area contributed by atoms with Crippen molar-refractivity contribution in [2.24, 2.45) is 4.99 Å². The molecule has 134 valence electrons. The third-order valence-electron chi connectivity index (χ3n) is 5.26. The van der Waals surface area contributed by atoms with Crippen LogP contribution in [0.1, 0.15) is 63.6 Å². The lowest BCUT2D eigenvalue weighted by molar-refractivity contribution is 0.0129. The Balaban J connectivity index is 1.58. The fourth-order valence-corrected chi connectivity index (χ4v) is 3.79. The first-order chi connectivity index (χ1) is 11.7. The van der Waals surface area contributed by atoms with Gasteiger partial charge >= 0.3 is 0 Å². The van der Waals surface area contributed by atoms with Crippen molar-refractivity contribution >= 4 is 5.96 Å². The fraction of sp³-hybridized carbons (Fsp3) is 0.824. The van der Waals surface area contributed by atoms with Gasteiger partial charge in [-0.15, -0.1) is 0 Å². The van der Waals surface area contributed by atoms with Gasteiger partial charge in [0.15, 0.2) is 5.96 Å². The van der Waals surface area contributed by atoms with Crippen LogP contribution in [0.5, 0.6) is 0 Å². The number of aromatic amines is 1. The standard InChI is InChI=1S/C17H30N6O/c1-2-18-16(19-12-17(24)8-4-3-5-9-17)23-10-6-14(7-11-23)15-20-13-21-22-15/h13-14,24H,2-12H2,1H3,(H,18,19)(H,20,21,22). The van der Waals surface area contributed by atoms with Gasteiger partial charge in [-0.2, -0.15) is 5.10 Å². The highest BCUT2D eigenvalue weighted by Crippen LogP contribution is 2.29. The Morgan fingerprint density at radius 1 is 1.38 bits per heavy atom. The molecule has 1 aromatic rings. The van der Waals surface area contributed by atoms with E-state index in [1.165, 1.54) is 6.42 Å². The van der Waals surface area contributed by atoms with Crippen LogP contribution in [0, 0.1) is 0 Å². The molecule has 0 aromatic carbocycles. The lowest BCUT2D eigenvalue weighted by Gasteiger charge is -2.35. The van der Waals surface area contributed by atoms with E-state index >= 15 is 0 Å². The maximum Gasteiger partial charge on any atom is 0.194 e. The molecule has 2 aliphatic rings. The van der Waals surface area contributed by atoms with Crippen LogP contribution in [0.2, 0.25) is 0 Å². The van der Waals surface area contributed by atoms with Gasteiger partial charge in [0.25, 0.3) is 0 Å². The minimum Gasteiger partial charge on any atom is -0.388 e. The number of likely N-dealkylation sites (tertiary alicyclic amines) is 1. The summed E-state index contributed by atoms with van der Waals surface area (Å²) in [5, 5.41) is 21.0. The summed E-state index contributed by atoms with van der Waals surface area (Å²) < 4.78 is 0. The fourth-order valence-electron chi connectivity index (χ4n) is 3.79. The molecule has 0 unspecified atom stereocenters. The zero-order chi connectivity index (χ0) is 16.8. The van der Waals surface area contributed by atoms with Gasteiger partial charge < -0.3 is 15.3 Å². The molecular formula is C17H30N6O. The van der Waals surface area contributed by atoms with E-state index in [0.717, 1.165) is 69.9 Å². The lowest BCUT2D eigenvalue weighted by Crippen LogP contribution is -2.46. The van der Waals surface area contributed by atoms with Crippen LogP contribution in [0.3, 0.4) is 0 Å². The molecule has 1 saturated heterocycles. The molecule has 0 atom stereocenters. The van der Waals surface area contributed by atoms with E-state index in [4.69, 9.17) is 4.99 Å². The van der Waals surface area contributed by atoms with Crippen LogP contribution in [-0.4, -0.2) is 62.9 Å². The van der Waals surface area contributed by atoms with Crippen molar-refractivity contribution < 1.29 is 5.11 Å². The van der Waals surface area contributed by atoms with Crippen molar-refractivity contribution in [3.05, 3.63) is 12.2 Å².